The molecule has 28 heavy (non-hydrogen) atoms. The van der Waals surface area contributed by atoms with Crippen LogP contribution in [0.15, 0.2) is 48.5 Å². The molecule has 1 fully saturated rings. The molecule has 0 saturated carbocycles. The number of carbonyl (C=O) groups is 1. The number of rotatable bonds is 7. The monoisotopic (exact) mass is 400 g/mol. The number of ether oxygens (including phenoxy) is 1. The van der Waals surface area contributed by atoms with Crippen LogP contribution >= 0.6 is 11.6 Å². The molecule has 1 atom stereocenters. The molecule has 2 aromatic carbocycles. The predicted octanol–water partition coefficient (Wildman–Crippen LogP) is 4.44. The van der Waals surface area contributed by atoms with E-state index in [0.717, 1.165) is 54.4 Å². The number of hydrogen-bond donors (Lipinski definition) is 1. The molecule has 0 radical (unpaired) electrons. The van der Waals surface area contributed by atoms with Crippen molar-refractivity contribution in [1.29, 1.82) is 0 Å². The standard InChI is InChI=1S/C23H29ClN2O2/c1-17-7-3-6-10-22(17)28-16-18(2)25-23(27)19-11-13-26(14-12-19)15-20-8-4-5-9-21(20)24/h3-10,18-19H,11-16H2,1-2H3,(H,25,27)/t18-/m1/s1. The summed E-state index contributed by atoms with van der Waals surface area (Å²) in [5, 5.41) is 3.92. The Kier molecular flexibility index (Phi) is 7.35. The Morgan fingerprint density at radius 1 is 1.18 bits per heavy atom. The second-order valence-electron chi connectivity index (χ2n) is 7.63. The molecule has 1 aliphatic heterocycles. The fraction of sp³-hybridized carbons (Fsp3) is 0.435. The highest BCUT2D eigenvalue weighted by Gasteiger charge is 2.26. The van der Waals surface area contributed by atoms with Crippen molar-refractivity contribution in [2.45, 2.75) is 39.3 Å². The van der Waals surface area contributed by atoms with Gasteiger partial charge in [0.05, 0.1) is 6.04 Å². The average Bonchev–Trinajstić information content (AvgIpc) is 2.69. The van der Waals surface area contributed by atoms with E-state index in [1.807, 2.05) is 56.3 Å². The van der Waals surface area contributed by atoms with E-state index < -0.39 is 0 Å². The summed E-state index contributed by atoms with van der Waals surface area (Å²) in [4.78, 5) is 15.0. The maximum Gasteiger partial charge on any atom is 0.223 e. The highest BCUT2D eigenvalue weighted by atomic mass is 35.5. The van der Waals surface area contributed by atoms with Crippen LogP contribution in [0.1, 0.15) is 30.9 Å². The minimum absolute atomic E-state index is 0.0201. The Balaban J connectivity index is 1.41. The third kappa shape index (κ3) is 5.73. The maximum absolute atomic E-state index is 12.6. The second-order valence-corrected chi connectivity index (χ2v) is 8.04. The largest absolute Gasteiger partial charge is 0.491 e. The molecule has 1 saturated heterocycles. The number of halogens is 1. The van der Waals surface area contributed by atoms with Crippen LogP contribution in [0.25, 0.3) is 0 Å². The van der Waals surface area contributed by atoms with Crippen LogP contribution in [-0.4, -0.2) is 36.5 Å². The number of benzene rings is 2. The van der Waals surface area contributed by atoms with Crippen LogP contribution in [0.3, 0.4) is 0 Å². The minimum atomic E-state index is -0.0201. The molecule has 0 bridgehead atoms. The number of aryl methyl sites for hydroxylation is 1. The number of hydrogen-bond acceptors (Lipinski definition) is 3. The number of amides is 1. The Labute approximate surface area is 172 Å². The molecule has 2 aromatic rings. The van der Waals surface area contributed by atoms with Gasteiger partial charge in [0, 0.05) is 17.5 Å². The summed E-state index contributed by atoms with van der Waals surface area (Å²) < 4.78 is 5.85. The van der Waals surface area contributed by atoms with Crippen LogP contribution in [0.2, 0.25) is 5.02 Å². The number of carbonyl (C=O) groups excluding carboxylic acids is 1. The van der Waals surface area contributed by atoms with Crippen molar-refractivity contribution in [3.05, 3.63) is 64.7 Å². The smallest absolute Gasteiger partial charge is 0.223 e. The second kappa shape index (κ2) is 9.94. The Morgan fingerprint density at radius 3 is 2.57 bits per heavy atom. The third-order valence-corrected chi connectivity index (χ3v) is 5.65. The molecule has 0 spiro atoms. The molecule has 150 valence electrons. The van der Waals surface area contributed by atoms with Crippen LogP contribution in [-0.2, 0) is 11.3 Å². The Hall–Kier alpha value is -2.04. The molecular weight excluding hydrogens is 372 g/mol. The summed E-state index contributed by atoms with van der Waals surface area (Å²) >= 11 is 6.26. The van der Waals surface area contributed by atoms with Gasteiger partial charge in [0.2, 0.25) is 5.91 Å². The van der Waals surface area contributed by atoms with Crippen molar-refractivity contribution < 1.29 is 9.53 Å². The molecule has 1 amide bonds. The van der Waals surface area contributed by atoms with Crippen LogP contribution in [0.4, 0.5) is 0 Å². The molecule has 1 aliphatic rings. The van der Waals surface area contributed by atoms with E-state index in [4.69, 9.17) is 16.3 Å². The maximum atomic E-state index is 12.6. The topological polar surface area (TPSA) is 41.6 Å². The number of piperidine rings is 1. The first-order chi connectivity index (χ1) is 13.5. The first-order valence-corrected chi connectivity index (χ1v) is 10.4. The van der Waals surface area contributed by atoms with Gasteiger partial charge in [-0.3, -0.25) is 9.69 Å². The fourth-order valence-corrected chi connectivity index (χ4v) is 3.75. The molecule has 1 heterocycles. The Morgan fingerprint density at radius 2 is 1.86 bits per heavy atom. The van der Waals surface area contributed by atoms with Gasteiger partial charge in [0.1, 0.15) is 12.4 Å². The van der Waals surface area contributed by atoms with Gasteiger partial charge < -0.3 is 10.1 Å². The van der Waals surface area contributed by atoms with Gasteiger partial charge in [-0.05, 0) is 63.0 Å². The van der Waals surface area contributed by atoms with Gasteiger partial charge in [-0.25, -0.2) is 0 Å². The summed E-state index contributed by atoms with van der Waals surface area (Å²) in [6.07, 6.45) is 1.75. The summed E-state index contributed by atoms with van der Waals surface area (Å²) in [7, 11) is 0. The number of para-hydroxylation sites is 1. The predicted molar refractivity (Wildman–Crippen MR) is 114 cm³/mol. The highest BCUT2D eigenvalue weighted by molar-refractivity contribution is 6.31. The van der Waals surface area contributed by atoms with E-state index in [-0.39, 0.29) is 17.9 Å². The molecule has 5 heteroatoms. The van der Waals surface area contributed by atoms with Gasteiger partial charge in [-0.2, -0.15) is 0 Å². The van der Waals surface area contributed by atoms with Crippen molar-refractivity contribution >= 4 is 17.5 Å². The van der Waals surface area contributed by atoms with Gasteiger partial charge in [-0.1, -0.05) is 48.0 Å². The first kappa shape index (κ1) is 20.7. The van der Waals surface area contributed by atoms with Crippen LogP contribution in [0, 0.1) is 12.8 Å². The zero-order chi connectivity index (χ0) is 19.9. The van der Waals surface area contributed by atoms with Crippen molar-refractivity contribution in [2.24, 2.45) is 5.92 Å². The van der Waals surface area contributed by atoms with Crippen LogP contribution in [0.5, 0.6) is 5.75 Å². The van der Waals surface area contributed by atoms with E-state index in [9.17, 15) is 4.79 Å². The summed E-state index contributed by atoms with van der Waals surface area (Å²) in [5.41, 5.74) is 2.25. The van der Waals surface area contributed by atoms with Gasteiger partial charge in [0.15, 0.2) is 0 Å². The van der Waals surface area contributed by atoms with Gasteiger partial charge in [0.25, 0.3) is 0 Å². The molecule has 0 aromatic heterocycles. The number of nitrogens with zero attached hydrogens (tertiary/aromatic N) is 1. The van der Waals surface area contributed by atoms with Crippen molar-refractivity contribution in [3.63, 3.8) is 0 Å². The average molecular weight is 401 g/mol. The lowest BCUT2D eigenvalue weighted by Gasteiger charge is -2.32. The first-order valence-electron chi connectivity index (χ1n) is 9.97. The normalized spacial score (nSPS) is 16.5. The van der Waals surface area contributed by atoms with E-state index >= 15 is 0 Å². The lowest BCUT2D eigenvalue weighted by atomic mass is 9.95. The third-order valence-electron chi connectivity index (χ3n) is 5.28. The molecule has 3 rings (SSSR count). The quantitative estimate of drug-likeness (QED) is 0.746. The fourth-order valence-electron chi connectivity index (χ4n) is 3.56. The molecule has 1 N–H and O–H groups in total. The number of likely N-dealkylation sites (tertiary alicyclic amines) is 1. The highest BCUT2D eigenvalue weighted by Crippen LogP contribution is 2.22. The van der Waals surface area contributed by atoms with Gasteiger partial charge >= 0.3 is 0 Å². The summed E-state index contributed by atoms with van der Waals surface area (Å²) in [6, 6.07) is 15.9. The summed E-state index contributed by atoms with van der Waals surface area (Å²) in [5.74, 6) is 1.08. The van der Waals surface area contributed by atoms with Crippen molar-refractivity contribution in [2.75, 3.05) is 19.7 Å². The SMILES string of the molecule is Cc1ccccc1OC[C@@H](C)NC(=O)C1CCN(Cc2ccccc2Cl)CC1. The minimum Gasteiger partial charge on any atom is -0.491 e. The molecule has 0 unspecified atom stereocenters. The lowest BCUT2D eigenvalue weighted by molar-refractivity contribution is -0.127. The molecule has 0 aliphatic carbocycles. The zero-order valence-corrected chi connectivity index (χ0v) is 17.4. The van der Waals surface area contributed by atoms with Gasteiger partial charge in [-0.15, -0.1) is 0 Å². The van der Waals surface area contributed by atoms with Crippen LogP contribution < -0.4 is 10.1 Å². The van der Waals surface area contributed by atoms with Crippen molar-refractivity contribution in [3.8, 4) is 5.75 Å². The number of nitrogens with one attached hydrogen (secondary N) is 1. The van der Waals surface area contributed by atoms with E-state index in [1.54, 1.807) is 0 Å². The van der Waals surface area contributed by atoms with E-state index in [1.165, 1.54) is 0 Å². The Bertz CT molecular complexity index is 788. The van der Waals surface area contributed by atoms with Crippen molar-refractivity contribution in [1.82, 2.24) is 10.2 Å². The van der Waals surface area contributed by atoms with E-state index in [0.29, 0.717) is 6.61 Å². The zero-order valence-electron chi connectivity index (χ0n) is 16.7. The molecule has 4 nitrogen and oxygen atoms in total. The lowest BCUT2D eigenvalue weighted by Crippen LogP contribution is -2.44. The molecular formula is C23H29ClN2O2. The van der Waals surface area contributed by atoms with E-state index in [2.05, 4.69) is 16.3 Å². The summed E-state index contributed by atoms with van der Waals surface area (Å²) in [6.45, 7) is 7.16.